The van der Waals surface area contributed by atoms with Gasteiger partial charge in [0.15, 0.2) is 0 Å². The van der Waals surface area contributed by atoms with Crippen molar-refractivity contribution in [1.82, 2.24) is 15.1 Å². The normalized spacial score (nSPS) is 12.1. The lowest BCUT2D eigenvalue weighted by atomic mass is 9.97. The van der Waals surface area contributed by atoms with Crippen LogP contribution in [0, 0.1) is 0 Å². The van der Waals surface area contributed by atoms with Gasteiger partial charge in [-0.05, 0) is 7.05 Å². The number of nitrogens with zero attached hydrogens (tertiary/aromatic N) is 3. The summed E-state index contributed by atoms with van der Waals surface area (Å²) in [6, 6.07) is 0. The number of carboxylic acid groups (broad SMARTS) is 1. The first-order valence-corrected chi connectivity index (χ1v) is 5.02. The van der Waals surface area contributed by atoms with Crippen molar-refractivity contribution in [2.24, 2.45) is 0 Å². The quantitative estimate of drug-likeness (QED) is 0.822. The molecule has 0 fully saturated rings. The molecular formula is C10H17N3O3. The fourth-order valence-corrected chi connectivity index (χ4v) is 1.14. The number of aliphatic carboxylic acids is 1. The smallest absolute Gasteiger partial charge is 0.317 e. The highest BCUT2D eigenvalue weighted by atomic mass is 16.4. The van der Waals surface area contributed by atoms with E-state index < -0.39 is 5.97 Å². The zero-order valence-corrected chi connectivity index (χ0v) is 10.0. The number of carboxylic acids is 1. The Morgan fingerprint density at radius 3 is 2.50 bits per heavy atom. The standard InChI is InChI=1S/C10H17N3O3/c1-10(2,3)9-12-11-7(16-9)5-13(4)6-8(14)15/h5-6H2,1-4H3,(H,14,15). The van der Waals surface area contributed by atoms with Gasteiger partial charge in [0.25, 0.3) is 0 Å². The third kappa shape index (κ3) is 3.62. The maximum atomic E-state index is 10.5. The van der Waals surface area contributed by atoms with Gasteiger partial charge in [0.05, 0.1) is 13.1 Å². The van der Waals surface area contributed by atoms with Crippen LogP contribution >= 0.6 is 0 Å². The highest BCUT2D eigenvalue weighted by Crippen LogP contribution is 2.20. The van der Waals surface area contributed by atoms with Crippen molar-refractivity contribution in [3.8, 4) is 0 Å². The molecule has 0 unspecified atom stereocenters. The molecule has 6 nitrogen and oxygen atoms in total. The summed E-state index contributed by atoms with van der Waals surface area (Å²) in [5.41, 5.74) is -0.184. The number of likely N-dealkylation sites (N-methyl/N-ethyl adjacent to an activating group) is 1. The van der Waals surface area contributed by atoms with E-state index in [-0.39, 0.29) is 12.0 Å². The summed E-state index contributed by atoms with van der Waals surface area (Å²) >= 11 is 0. The van der Waals surface area contributed by atoms with Crippen molar-refractivity contribution in [3.05, 3.63) is 11.8 Å². The monoisotopic (exact) mass is 227 g/mol. The summed E-state index contributed by atoms with van der Waals surface area (Å²) in [7, 11) is 1.69. The second kappa shape index (κ2) is 4.61. The Labute approximate surface area is 94.3 Å². The summed E-state index contributed by atoms with van der Waals surface area (Å²) < 4.78 is 5.44. The summed E-state index contributed by atoms with van der Waals surface area (Å²) in [6.45, 7) is 6.23. The predicted molar refractivity (Wildman–Crippen MR) is 57.0 cm³/mol. The molecule has 1 rings (SSSR count). The minimum atomic E-state index is -0.877. The van der Waals surface area contributed by atoms with Crippen molar-refractivity contribution in [2.75, 3.05) is 13.6 Å². The first kappa shape index (κ1) is 12.6. The molecule has 0 atom stereocenters. The fraction of sp³-hybridized carbons (Fsp3) is 0.700. The van der Waals surface area contributed by atoms with Gasteiger partial charge in [-0.1, -0.05) is 20.8 Å². The molecule has 0 radical (unpaired) electrons. The Morgan fingerprint density at radius 2 is 2.06 bits per heavy atom. The van der Waals surface area contributed by atoms with Crippen LogP contribution in [0.1, 0.15) is 32.6 Å². The van der Waals surface area contributed by atoms with Gasteiger partial charge in [-0.15, -0.1) is 10.2 Å². The van der Waals surface area contributed by atoms with Crippen molar-refractivity contribution in [2.45, 2.75) is 32.7 Å². The van der Waals surface area contributed by atoms with Gasteiger partial charge in [0.2, 0.25) is 11.8 Å². The van der Waals surface area contributed by atoms with E-state index in [9.17, 15) is 4.79 Å². The van der Waals surface area contributed by atoms with Crippen LogP contribution in [-0.2, 0) is 16.8 Å². The Kier molecular flexibility index (Phi) is 3.64. The molecule has 6 heteroatoms. The molecule has 0 amide bonds. The maximum Gasteiger partial charge on any atom is 0.317 e. The summed E-state index contributed by atoms with van der Waals surface area (Å²) in [5.74, 6) is 0.123. The molecule has 1 aromatic rings. The number of hydrogen-bond donors (Lipinski definition) is 1. The van der Waals surface area contributed by atoms with Crippen LogP contribution in [0.4, 0.5) is 0 Å². The molecule has 0 aliphatic carbocycles. The maximum absolute atomic E-state index is 10.5. The number of carbonyl (C=O) groups is 1. The van der Waals surface area contributed by atoms with Gasteiger partial charge >= 0.3 is 5.97 Å². The zero-order valence-electron chi connectivity index (χ0n) is 10.0. The van der Waals surface area contributed by atoms with E-state index in [1.54, 1.807) is 11.9 Å². The zero-order chi connectivity index (χ0) is 12.3. The van der Waals surface area contributed by atoms with E-state index in [1.807, 2.05) is 20.8 Å². The second-order valence-electron chi connectivity index (χ2n) is 4.82. The van der Waals surface area contributed by atoms with Crippen LogP contribution < -0.4 is 0 Å². The highest BCUT2D eigenvalue weighted by Gasteiger charge is 2.21. The molecule has 0 aliphatic rings. The molecule has 0 saturated heterocycles. The second-order valence-corrected chi connectivity index (χ2v) is 4.82. The van der Waals surface area contributed by atoms with E-state index >= 15 is 0 Å². The lowest BCUT2D eigenvalue weighted by molar-refractivity contribution is -0.138. The van der Waals surface area contributed by atoms with Gasteiger partial charge in [0, 0.05) is 5.41 Å². The largest absolute Gasteiger partial charge is 0.480 e. The first-order chi connectivity index (χ1) is 7.29. The van der Waals surface area contributed by atoms with E-state index in [0.717, 1.165) is 0 Å². The fourth-order valence-electron chi connectivity index (χ4n) is 1.14. The molecule has 0 spiro atoms. The van der Waals surface area contributed by atoms with Crippen LogP contribution in [0.5, 0.6) is 0 Å². The van der Waals surface area contributed by atoms with Gasteiger partial charge in [0.1, 0.15) is 0 Å². The molecule has 1 aromatic heterocycles. The van der Waals surface area contributed by atoms with Gasteiger partial charge in [-0.3, -0.25) is 9.69 Å². The molecule has 0 bridgehead atoms. The first-order valence-electron chi connectivity index (χ1n) is 5.02. The summed E-state index contributed by atoms with van der Waals surface area (Å²) in [5, 5.41) is 16.4. The molecule has 16 heavy (non-hydrogen) atoms. The van der Waals surface area contributed by atoms with Crippen molar-refractivity contribution < 1.29 is 14.3 Å². The Hall–Kier alpha value is -1.43. The average molecular weight is 227 g/mol. The van der Waals surface area contributed by atoms with E-state index in [0.29, 0.717) is 18.3 Å². The number of rotatable bonds is 4. The SMILES string of the molecule is CN(CC(=O)O)Cc1nnc(C(C)(C)C)o1. The molecule has 90 valence electrons. The minimum Gasteiger partial charge on any atom is -0.480 e. The molecular weight excluding hydrogens is 210 g/mol. The summed E-state index contributed by atoms with van der Waals surface area (Å²) in [6.07, 6.45) is 0. The third-order valence-electron chi connectivity index (χ3n) is 1.92. The molecule has 0 saturated carbocycles. The summed E-state index contributed by atoms with van der Waals surface area (Å²) in [4.78, 5) is 12.1. The van der Waals surface area contributed by atoms with Crippen LogP contribution in [0.2, 0.25) is 0 Å². The molecule has 1 N–H and O–H groups in total. The Balaban J connectivity index is 2.62. The molecule has 1 heterocycles. The van der Waals surface area contributed by atoms with E-state index in [1.165, 1.54) is 0 Å². The topological polar surface area (TPSA) is 79.5 Å². The molecule has 0 aliphatic heterocycles. The average Bonchev–Trinajstić information content (AvgIpc) is 2.49. The highest BCUT2D eigenvalue weighted by molar-refractivity contribution is 5.68. The number of hydrogen-bond acceptors (Lipinski definition) is 5. The van der Waals surface area contributed by atoms with Gasteiger partial charge in [-0.25, -0.2) is 0 Å². The van der Waals surface area contributed by atoms with Crippen molar-refractivity contribution >= 4 is 5.97 Å². The van der Waals surface area contributed by atoms with E-state index in [2.05, 4.69) is 10.2 Å². The van der Waals surface area contributed by atoms with Crippen molar-refractivity contribution in [1.29, 1.82) is 0 Å². The van der Waals surface area contributed by atoms with Gasteiger partial charge in [-0.2, -0.15) is 0 Å². The van der Waals surface area contributed by atoms with E-state index in [4.69, 9.17) is 9.52 Å². The Bertz CT molecular complexity index is 368. The van der Waals surface area contributed by atoms with Crippen LogP contribution in [0.3, 0.4) is 0 Å². The van der Waals surface area contributed by atoms with Crippen LogP contribution in [0.25, 0.3) is 0 Å². The van der Waals surface area contributed by atoms with Gasteiger partial charge < -0.3 is 9.52 Å². The Morgan fingerprint density at radius 1 is 1.44 bits per heavy atom. The molecule has 0 aromatic carbocycles. The lowest BCUT2D eigenvalue weighted by Crippen LogP contribution is -2.25. The minimum absolute atomic E-state index is 0.0484. The predicted octanol–water partition coefficient (Wildman–Crippen LogP) is 0.883. The lowest BCUT2D eigenvalue weighted by Gasteiger charge is -2.12. The van der Waals surface area contributed by atoms with Crippen molar-refractivity contribution in [3.63, 3.8) is 0 Å². The van der Waals surface area contributed by atoms with Crippen LogP contribution in [0.15, 0.2) is 4.42 Å². The van der Waals surface area contributed by atoms with Crippen LogP contribution in [-0.4, -0.2) is 39.8 Å². The number of aromatic nitrogens is 2. The third-order valence-corrected chi connectivity index (χ3v) is 1.92.